The number of aromatic nitrogens is 2. The Morgan fingerprint density at radius 2 is 1.88 bits per heavy atom. The summed E-state index contributed by atoms with van der Waals surface area (Å²) in [6.07, 6.45) is -1.57. The average Bonchev–Trinajstić information content (AvgIpc) is 2.53. The molecule has 0 spiro atoms. The molecule has 2 unspecified atom stereocenters. The summed E-state index contributed by atoms with van der Waals surface area (Å²) in [5.41, 5.74) is 6.84. The van der Waals surface area contributed by atoms with Crippen molar-refractivity contribution in [1.82, 2.24) is 9.97 Å². The second kappa shape index (κ2) is 4.04. The first-order valence-corrected chi connectivity index (χ1v) is 5.27. The van der Waals surface area contributed by atoms with Crippen LogP contribution in [0.3, 0.4) is 0 Å². The predicted octanol–water partition coefficient (Wildman–Crippen LogP) is -0.438. The van der Waals surface area contributed by atoms with Gasteiger partial charge in [-0.2, -0.15) is 4.98 Å². The van der Waals surface area contributed by atoms with Gasteiger partial charge in [0.2, 0.25) is 5.28 Å². The molecule has 0 amide bonds. The van der Waals surface area contributed by atoms with E-state index in [1.807, 2.05) is 0 Å². The van der Waals surface area contributed by atoms with E-state index in [-0.39, 0.29) is 18.4 Å². The molecule has 0 bridgehead atoms. The molecule has 0 radical (unpaired) electrons. The molecular formula is C9H13ClN4O2. The summed E-state index contributed by atoms with van der Waals surface area (Å²) in [5.74, 6) is 0.466. The number of hydrogen-bond acceptors (Lipinski definition) is 6. The molecule has 1 aromatic rings. The molecule has 0 saturated carbocycles. The number of hydrogen-bond donors (Lipinski definition) is 3. The van der Waals surface area contributed by atoms with Crippen LogP contribution in [0.15, 0.2) is 0 Å². The third kappa shape index (κ3) is 1.91. The average molecular weight is 245 g/mol. The minimum atomic E-state index is -0.784. The molecule has 0 aromatic carbocycles. The van der Waals surface area contributed by atoms with Gasteiger partial charge in [-0.1, -0.05) is 0 Å². The molecule has 2 atom stereocenters. The Hall–Kier alpha value is -1.11. The molecule has 2 heterocycles. The maximum atomic E-state index is 9.45. The quantitative estimate of drug-likeness (QED) is 0.580. The van der Waals surface area contributed by atoms with Crippen LogP contribution in [-0.2, 0) is 0 Å². The van der Waals surface area contributed by atoms with Crippen LogP contribution in [0.2, 0.25) is 5.28 Å². The van der Waals surface area contributed by atoms with Crippen molar-refractivity contribution in [2.24, 2.45) is 0 Å². The van der Waals surface area contributed by atoms with E-state index in [1.165, 1.54) is 0 Å². The van der Waals surface area contributed by atoms with E-state index in [4.69, 9.17) is 17.3 Å². The van der Waals surface area contributed by atoms with Crippen LogP contribution in [0.1, 0.15) is 5.69 Å². The fraction of sp³-hybridized carbons (Fsp3) is 0.556. The molecule has 1 aliphatic heterocycles. The summed E-state index contributed by atoms with van der Waals surface area (Å²) in [7, 11) is 0. The summed E-state index contributed by atoms with van der Waals surface area (Å²) in [5, 5.41) is 19.0. The minimum Gasteiger partial charge on any atom is -0.394 e. The number of aliphatic hydroxyl groups is 2. The Bertz CT molecular complexity index is 405. The number of nitrogens with two attached hydrogens (primary N) is 1. The number of aryl methyl sites for hydroxylation is 1. The molecule has 7 heteroatoms. The summed E-state index contributed by atoms with van der Waals surface area (Å²) < 4.78 is 0. The first kappa shape index (κ1) is 11.4. The standard InChI is InChI=1S/C9H13ClN4O2/c1-4-7(11)8(13-9(10)12-4)14-2-5(15)6(16)3-14/h5-6,15-16H,2-3,11H2,1H3. The third-order valence-corrected chi connectivity index (χ3v) is 2.82. The number of anilines is 2. The molecule has 2 rings (SSSR count). The number of nitrogens with zero attached hydrogens (tertiary/aromatic N) is 3. The molecule has 6 nitrogen and oxygen atoms in total. The molecule has 88 valence electrons. The zero-order chi connectivity index (χ0) is 11.9. The maximum Gasteiger partial charge on any atom is 0.224 e. The fourth-order valence-corrected chi connectivity index (χ4v) is 1.92. The fourth-order valence-electron chi connectivity index (χ4n) is 1.72. The van der Waals surface area contributed by atoms with Gasteiger partial charge in [-0.25, -0.2) is 4.98 Å². The molecule has 1 aliphatic rings. The van der Waals surface area contributed by atoms with Gasteiger partial charge in [0, 0.05) is 13.1 Å². The Morgan fingerprint density at radius 1 is 1.31 bits per heavy atom. The van der Waals surface area contributed by atoms with Gasteiger partial charge in [0.05, 0.1) is 23.6 Å². The topological polar surface area (TPSA) is 95.5 Å². The Kier molecular flexibility index (Phi) is 2.88. The lowest BCUT2D eigenvalue weighted by Crippen LogP contribution is -2.24. The van der Waals surface area contributed by atoms with E-state index in [1.54, 1.807) is 11.8 Å². The summed E-state index contributed by atoms with van der Waals surface area (Å²) >= 11 is 5.74. The summed E-state index contributed by atoms with van der Waals surface area (Å²) in [4.78, 5) is 9.64. The van der Waals surface area contributed by atoms with E-state index in [0.717, 1.165) is 0 Å². The van der Waals surface area contributed by atoms with Crippen LogP contribution in [0.25, 0.3) is 0 Å². The Morgan fingerprint density at radius 3 is 2.44 bits per heavy atom. The largest absolute Gasteiger partial charge is 0.394 e. The Balaban J connectivity index is 2.34. The first-order chi connectivity index (χ1) is 7.49. The van der Waals surface area contributed by atoms with Gasteiger partial charge >= 0.3 is 0 Å². The predicted molar refractivity (Wildman–Crippen MR) is 60.4 cm³/mol. The smallest absolute Gasteiger partial charge is 0.224 e. The first-order valence-electron chi connectivity index (χ1n) is 4.89. The van der Waals surface area contributed by atoms with Gasteiger partial charge in [0.1, 0.15) is 0 Å². The van der Waals surface area contributed by atoms with Gasteiger partial charge in [-0.05, 0) is 18.5 Å². The summed E-state index contributed by atoms with van der Waals surface area (Å²) in [6.45, 7) is 2.31. The molecule has 16 heavy (non-hydrogen) atoms. The van der Waals surface area contributed by atoms with Crippen LogP contribution in [0, 0.1) is 6.92 Å². The van der Waals surface area contributed by atoms with Crippen LogP contribution in [0.5, 0.6) is 0 Å². The normalized spacial score (nSPS) is 25.1. The van der Waals surface area contributed by atoms with E-state index in [0.29, 0.717) is 17.2 Å². The molecular weight excluding hydrogens is 232 g/mol. The molecule has 1 aromatic heterocycles. The van der Waals surface area contributed by atoms with Crippen molar-refractivity contribution >= 4 is 23.1 Å². The molecule has 1 saturated heterocycles. The van der Waals surface area contributed by atoms with Crippen LogP contribution >= 0.6 is 11.6 Å². The Labute approximate surface area is 97.7 Å². The number of nitrogen functional groups attached to an aromatic ring is 1. The monoisotopic (exact) mass is 244 g/mol. The second-order valence-corrected chi connectivity index (χ2v) is 4.19. The van der Waals surface area contributed by atoms with Crippen molar-refractivity contribution in [2.75, 3.05) is 23.7 Å². The lowest BCUT2D eigenvalue weighted by atomic mass is 10.3. The van der Waals surface area contributed by atoms with Crippen molar-refractivity contribution in [2.45, 2.75) is 19.1 Å². The van der Waals surface area contributed by atoms with Gasteiger partial charge in [0.15, 0.2) is 5.82 Å². The van der Waals surface area contributed by atoms with E-state index < -0.39 is 12.2 Å². The van der Waals surface area contributed by atoms with Crippen molar-refractivity contribution in [3.05, 3.63) is 11.0 Å². The molecule has 0 aliphatic carbocycles. The van der Waals surface area contributed by atoms with Crippen LogP contribution in [-0.4, -0.2) is 45.5 Å². The highest BCUT2D eigenvalue weighted by molar-refractivity contribution is 6.28. The zero-order valence-electron chi connectivity index (χ0n) is 8.76. The van der Waals surface area contributed by atoms with E-state index in [2.05, 4.69) is 9.97 Å². The van der Waals surface area contributed by atoms with Crippen molar-refractivity contribution in [1.29, 1.82) is 0 Å². The number of β-amino-alcohol motifs (C(OH)–C–C–N with tert-alkyl or cyclic N) is 2. The summed E-state index contributed by atoms with van der Waals surface area (Å²) in [6, 6.07) is 0. The van der Waals surface area contributed by atoms with Gasteiger partial charge in [-0.3, -0.25) is 0 Å². The number of halogens is 1. The van der Waals surface area contributed by atoms with Gasteiger partial charge in [-0.15, -0.1) is 0 Å². The maximum absolute atomic E-state index is 9.45. The molecule has 1 fully saturated rings. The zero-order valence-corrected chi connectivity index (χ0v) is 9.52. The second-order valence-electron chi connectivity index (χ2n) is 3.86. The van der Waals surface area contributed by atoms with E-state index >= 15 is 0 Å². The van der Waals surface area contributed by atoms with Crippen LogP contribution in [0.4, 0.5) is 11.5 Å². The number of aliphatic hydroxyl groups excluding tert-OH is 2. The third-order valence-electron chi connectivity index (χ3n) is 2.65. The van der Waals surface area contributed by atoms with Crippen molar-refractivity contribution in [3.8, 4) is 0 Å². The highest BCUT2D eigenvalue weighted by Crippen LogP contribution is 2.27. The highest BCUT2D eigenvalue weighted by Gasteiger charge is 2.31. The molecule has 4 N–H and O–H groups in total. The van der Waals surface area contributed by atoms with Crippen molar-refractivity contribution in [3.63, 3.8) is 0 Å². The van der Waals surface area contributed by atoms with E-state index in [9.17, 15) is 10.2 Å². The van der Waals surface area contributed by atoms with Gasteiger partial charge < -0.3 is 20.8 Å². The van der Waals surface area contributed by atoms with Crippen LogP contribution < -0.4 is 10.6 Å². The number of rotatable bonds is 1. The van der Waals surface area contributed by atoms with Gasteiger partial charge in [0.25, 0.3) is 0 Å². The van der Waals surface area contributed by atoms with Crippen molar-refractivity contribution < 1.29 is 10.2 Å². The SMILES string of the molecule is Cc1nc(Cl)nc(N2CC(O)C(O)C2)c1N. The lowest BCUT2D eigenvalue weighted by molar-refractivity contribution is 0.0572. The lowest BCUT2D eigenvalue weighted by Gasteiger charge is -2.19. The minimum absolute atomic E-state index is 0.109. The highest BCUT2D eigenvalue weighted by atomic mass is 35.5.